The molecule has 0 aliphatic carbocycles. The molecule has 0 saturated carbocycles. The Labute approximate surface area is 163 Å². The van der Waals surface area contributed by atoms with Crippen LogP contribution in [0.15, 0.2) is 67.0 Å². The summed E-state index contributed by atoms with van der Waals surface area (Å²) in [6.45, 7) is 2.45. The van der Waals surface area contributed by atoms with Crippen molar-refractivity contribution < 1.29 is 14.3 Å². The maximum absolute atomic E-state index is 12.8. The second-order valence-electron chi connectivity index (χ2n) is 5.87. The molecule has 0 radical (unpaired) electrons. The fraction of sp³-hybridized carbons (Fsp3) is 0.143. The van der Waals surface area contributed by atoms with Crippen molar-refractivity contribution in [2.75, 3.05) is 23.9 Å². The number of methoxy groups -OCH3 is 1. The Hall–Kier alpha value is -3.74. The van der Waals surface area contributed by atoms with Crippen molar-refractivity contribution >= 4 is 29.2 Å². The first kappa shape index (κ1) is 19.0. The number of para-hydroxylation sites is 1. The molecule has 0 spiro atoms. The van der Waals surface area contributed by atoms with Gasteiger partial charge in [0.25, 0.3) is 5.91 Å². The van der Waals surface area contributed by atoms with Gasteiger partial charge in [0.2, 0.25) is 5.95 Å². The summed E-state index contributed by atoms with van der Waals surface area (Å²) in [4.78, 5) is 34.3. The van der Waals surface area contributed by atoms with Crippen molar-refractivity contribution in [3.8, 4) is 0 Å². The SMILES string of the molecule is CCN(C(=O)c1cnc(Nc2ccc(C(=O)OC)cc2)nc1)c1ccccc1. The largest absolute Gasteiger partial charge is 0.465 e. The third-order valence-electron chi connectivity index (χ3n) is 4.09. The van der Waals surface area contributed by atoms with E-state index in [0.717, 1.165) is 5.69 Å². The summed E-state index contributed by atoms with van der Waals surface area (Å²) in [6, 6.07) is 16.2. The predicted molar refractivity (Wildman–Crippen MR) is 107 cm³/mol. The Kier molecular flexibility index (Phi) is 5.96. The monoisotopic (exact) mass is 376 g/mol. The number of hydrogen-bond donors (Lipinski definition) is 1. The molecule has 0 bridgehead atoms. The summed E-state index contributed by atoms with van der Waals surface area (Å²) < 4.78 is 4.67. The number of aromatic nitrogens is 2. The van der Waals surface area contributed by atoms with Crippen molar-refractivity contribution in [2.24, 2.45) is 0 Å². The van der Waals surface area contributed by atoms with Gasteiger partial charge in [0.1, 0.15) is 0 Å². The van der Waals surface area contributed by atoms with Crippen LogP contribution in [-0.2, 0) is 4.74 Å². The van der Waals surface area contributed by atoms with E-state index in [4.69, 9.17) is 0 Å². The van der Waals surface area contributed by atoms with Crippen LogP contribution < -0.4 is 10.2 Å². The molecular formula is C21H20N4O3. The molecule has 3 rings (SSSR count). The van der Waals surface area contributed by atoms with Crippen LogP contribution >= 0.6 is 0 Å². The van der Waals surface area contributed by atoms with E-state index >= 15 is 0 Å². The third kappa shape index (κ3) is 4.32. The number of esters is 1. The molecule has 0 unspecified atom stereocenters. The number of carbonyl (C=O) groups excluding carboxylic acids is 2. The van der Waals surface area contributed by atoms with E-state index in [2.05, 4.69) is 20.0 Å². The molecule has 0 atom stereocenters. The lowest BCUT2D eigenvalue weighted by Crippen LogP contribution is -2.30. The van der Waals surface area contributed by atoms with Gasteiger partial charge >= 0.3 is 5.97 Å². The van der Waals surface area contributed by atoms with Crippen molar-refractivity contribution in [3.63, 3.8) is 0 Å². The number of carbonyl (C=O) groups is 2. The predicted octanol–water partition coefficient (Wildman–Crippen LogP) is 3.67. The highest BCUT2D eigenvalue weighted by Crippen LogP contribution is 2.18. The van der Waals surface area contributed by atoms with Crippen LogP contribution in [0.4, 0.5) is 17.3 Å². The van der Waals surface area contributed by atoms with E-state index < -0.39 is 5.97 Å². The molecule has 1 aromatic heterocycles. The Balaban J connectivity index is 1.71. The minimum atomic E-state index is -0.399. The van der Waals surface area contributed by atoms with E-state index in [9.17, 15) is 9.59 Å². The Bertz CT molecular complexity index is 942. The molecule has 1 amide bonds. The first-order valence-electron chi connectivity index (χ1n) is 8.76. The smallest absolute Gasteiger partial charge is 0.337 e. The van der Waals surface area contributed by atoms with Gasteiger partial charge in [0.05, 0.1) is 18.2 Å². The molecule has 1 N–H and O–H groups in total. The van der Waals surface area contributed by atoms with Gasteiger partial charge in [-0.1, -0.05) is 18.2 Å². The van der Waals surface area contributed by atoms with Crippen LogP contribution in [0.5, 0.6) is 0 Å². The van der Waals surface area contributed by atoms with Crippen LogP contribution in [-0.4, -0.2) is 35.5 Å². The average molecular weight is 376 g/mol. The summed E-state index contributed by atoms with van der Waals surface area (Å²) in [7, 11) is 1.34. The standard InChI is InChI=1S/C21H20N4O3/c1-3-25(18-7-5-4-6-8-18)19(26)16-13-22-21(23-14-16)24-17-11-9-15(10-12-17)20(27)28-2/h4-14H,3H2,1-2H3,(H,22,23,24). The third-order valence-corrected chi connectivity index (χ3v) is 4.09. The van der Waals surface area contributed by atoms with Crippen LogP contribution in [0.1, 0.15) is 27.6 Å². The van der Waals surface area contributed by atoms with Gasteiger partial charge in [0.15, 0.2) is 0 Å². The highest BCUT2D eigenvalue weighted by atomic mass is 16.5. The normalized spacial score (nSPS) is 10.2. The second-order valence-corrected chi connectivity index (χ2v) is 5.87. The number of benzene rings is 2. The summed E-state index contributed by atoms with van der Waals surface area (Å²) in [5.41, 5.74) is 2.39. The molecular weight excluding hydrogens is 356 g/mol. The lowest BCUT2D eigenvalue weighted by Gasteiger charge is -2.20. The van der Waals surface area contributed by atoms with Gasteiger partial charge in [-0.2, -0.15) is 0 Å². The van der Waals surface area contributed by atoms with Crippen molar-refractivity contribution in [3.05, 3.63) is 78.1 Å². The summed E-state index contributed by atoms with van der Waals surface area (Å²) in [5.74, 6) is -0.211. The molecule has 2 aromatic carbocycles. The Morgan fingerprint density at radius 2 is 1.61 bits per heavy atom. The lowest BCUT2D eigenvalue weighted by molar-refractivity contribution is 0.0600. The van der Waals surface area contributed by atoms with E-state index in [1.165, 1.54) is 19.5 Å². The minimum absolute atomic E-state index is 0.164. The molecule has 0 aliphatic rings. The van der Waals surface area contributed by atoms with E-state index in [0.29, 0.717) is 29.3 Å². The van der Waals surface area contributed by atoms with E-state index in [1.807, 2.05) is 37.3 Å². The number of amides is 1. The number of nitrogens with zero attached hydrogens (tertiary/aromatic N) is 3. The lowest BCUT2D eigenvalue weighted by atomic mass is 10.2. The highest BCUT2D eigenvalue weighted by Gasteiger charge is 2.16. The molecule has 142 valence electrons. The van der Waals surface area contributed by atoms with Crippen molar-refractivity contribution in [1.29, 1.82) is 0 Å². The second kappa shape index (κ2) is 8.77. The van der Waals surface area contributed by atoms with Crippen molar-refractivity contribution in [2.45, 2.75) is 6.92 Å². The fourth-order valence-corrected chi connectivity index (χ4v) is 2.65. The minimum Gasteiger partial charge on any atom is -0.465 e. The quantitative estimate of drug-likeness (QED) is 0.661. The average Bonchev–Trinajstić information content (AvgIpc) is 2.75. The van der Waals surface area contributed by atoms with Crippen LogP contribution in [0.25, 0.3) is 0 Å². The number of anilines is 3. The zero-order valence-electron chi connectivity index (χ0n) is 15.6. The zero-order chi connectivity index (χ0) is 19.9. The number of hydrogen-bond acceptors (Lipinski definition) is 6. The fourth-order valence-electron chi connectivity index (χ4n) is 2.65. The number of rotatable bonds is 6. The van der Waals surface area contributed by atoms with E-state index in [1.54, 1.807) is 29.2 Å². The molecule has 28 heavy (non-hydrogen) atoms. The molecule has 7 nitrogen and oxygen atoms in total. The van der Waals surface area contributed by atoms with Gasteiger partial charge in [-0.3, -0.25) is 4.79 Å². The van der Waals surface area contributed by atoms with Gasteiger partial charge in [-0.25, -0.2) is 14.8 Å². The molecule has 7 heteroatoms. The zero-order valence-corrected chi connectivity index (χ0v) is 15.6. The van der Waals surface area contributed by atoms with Gasteiger partial charge in [-0.15, -0.1) is 0 Å². The molecule has 1 heterocycles. The van der Waals surface area contributed by atoms with Crippen LogP contribution in [0, 0.1) is 0 Å². The molecule has 0 aliphatic heterocycles. The maximum Gasteiger partial charge on any atom is 0.337 e. The van der Waals surface area contributed by atoms with Gasteiger partial charge in [-0.05, 0) is 43.3 Å². The van der Waals surface area contributed by atoms with Gasteiger partial charge < -0.3 is 15.0 Å². The molecule has 3 aromatic rings. The van der Waals surface area contributed by atoms with Gasteiger partial charge in [0, 0.05) is 30.3 Å². The first-order chi connectivity index (χ1) is 13.6. The van der Waals surface area contributed by atoms with Crippen molar-refractivity contribution in [1.82, 2.24) is 9.97 Å². The Morgan fingerprint density at radius 1 is 0.964 bits per heavy atom. The number of nitrogens with one attached hydrogen (secondary N) is 1. The maximum atomic E-state index is 12.8. The van der Waals surface area contributed by atoms with E-state index in [-0.39, 0.29) is 5.91 Å². The summed E-state index contributed by atoms with van der Waals surface area (Å²) in [5, 5.41) is 3.03. The summed E-state index contributed by atoms with van der Waals surface area (Å²) in [6.07, 6.45) is 2.98. The molecule has 0 fully saturated rings. The Morgan fingerprint density at radius 3 is 2.18 bits per heavy atom. The summed E-state index contributed by atoms with van der Waals surface area (Å²) >= 11 is 0. The number of ether oxygens (including phenoxy) is 1. The first-order valence-corrected chi connectivity index (χ1v) is 8.76. The topological polar surface area (TPSA) is 84.4 Å². The highest BCUT2D eigenvalue weighted by molar-refractivity contribution is 6.05. The molecule has 0 saturated heterocycles. The van der Waals surface area contributed by atoms with Crippen LogP contribution in [0.3, 0.4) is 0 Å². The van der Waals surface area contributed by atoms with Crippen LogP contribution in [0.2, 0.25) is 0 Å².